The summed E-state index contributed by atoms with van der Waals surface area (Å²) >= 11 is 0. The lowest BCUT2D eigenvalue weighted by Gasteiger charge is -2.05. The average molecular weight is 230 g/mol. The molecule has 0 aromatic carbocycles. The molecule has 0 bridgehead atoms. The summed E-state index contributed by atoms with van der Waals surface area (Å²) in [4.78, 5) is 15.3. The lowest BCUT2D eigenvalue weighted by Crippen LogP contribution is -2.24. The van der Waals surface area contributed by atoms with Crippen LogP contribution >= 0.6 is 0 Å². The zero-order valence-electron chi connectivity index (χ0n) is 9.47. The number of nitrogens with one attached hydrogen (secondary N) is 1. The van der Waals surface area contributed by atoms with Crippen LogP contribution in [-0.4, -0.2) is 33.5 Å². The highest BCUT2D eigenvalue weighted by molar-refractivity contribution is 5.73. The number of hydrogen-bond acceptors (Lipinski definition) is 4. The molecule has 2 aromatic rings. The number of aldehydes is 1. The van der Waals surface area contributed by atoms with E-state index in [0.717, 1.165) is 30.7 Å². The van der Waals surface area contributed by atoms with Crippen LogP contribution in [0.1, 0.15) is 29.2 Å². The van der Waals surface area contributed by atoms with E-state index in [1.807, 2.05) is 12.1 Å². The Kier molecular flexibility index (Phi) is 2.60. The van der Waals surface area contributed by atoms with Gasteiger partial charge in [0, 0.05) is 12.5 Å². The smallest absolute Gasteiger partial charge is 0.168 e. The standard InChI is InChI=1S/C12H14N4O/c17-8-10-4-1-5-12-14-11(15-16(10)12)7-9-3-2-6-13-9/h1,4-5,8-9,13H,2-3,6-7H2. The molecule has 1 saturated heterocycles. The van der Waals surface area contributed by atoms with Crippen LogP contribution in [0, 0.1) is 0 Å². The Labute approximate surface area is 98.9 Å². The number of rotatable bonds is 3. The third kappa shape index (κ3) is 1.93. The summed E-state index contributed by atoms with van der Waals surface area (Å²) in [7, 11) is 0. The lowest BCUT2D eigenvalue weighted by molar-refractivity contribution is 0.111. The van der Waals surface area contributed by atoms with Gasteiger partial charge in [-0.1, -0.05) is 6.07 Å². The number of fused-ring (bicyclic) bond motifs is 1. The van der Waals surface area contributed by atoms with Gasteiger partial charge in [-0.15, -0.1) is 0 Å². The second-order valence-electron chi connectivity index (χ2n) is 4.36. The van der Waals surface area contributed by atoms with Crippen molar-refractivity contribution >= 4 is 11.9 Å². The maximum Gasteiger partial charge on any atom is 0.168 e. The fraction of sp³-hybridized carbons (Fsp3) is 0.417. The SMILES string of the molecule is O=Cc1cccc2nc(CC3CCCN3)nn12. The molecule has 1 unspecified atom stereocenters. The van der Waals surface area contributed by atoms with Crippen LogP contribution in [-0.2, 0) is 6.42 Å². The molecule has 3 rings (SSSR count). The van der Waals surface area contributed by atoms with Crippen molar-refractivity contribution in [2.75, 3.05) is 6.54 Å². The van der Waals surface area contributed by atoms with Crippen molar-refractivity contribution in [3.05, 3.63) is 29.7 Å². The van der Waals surface area contributed by atoms with E-state index in [0.29, 0.717) is 11.7 Å². The Balaban J connectivity index is 1.92. The minimum atomic E-state index is 0.479. The minimum absolute atomic E-state index is 0.479. The first kappa shape index (κ1) is 10.4. The molecule has 1 N–H and O–H groups in total. The predicted octanol–water partition coefficient (Wildman–Crippen LogP) is 0.836. The molecule has 0 spiro atoms. The summed E-state index contributed by atoms with van der Waals surface area (Å²) in [6, 6.07) is 5.91. The first-order valence-electron chi connectivity index (χ1n) is 5.90. The Bertz CT molecular complexity index is 542. The van der Waals surface area contributed by atoms with Crippen molar-refractivity contribution in [2.24, 2.45) is 0 Å². The monoisotopic (exact) mass is 230 g/mol. The average Bonchev–Trinajstić information content (AvgIpc) is 2.97. The molecule has 0 radical (unpaired) electrons. The summed E-state index contributed by atoms with van der Waals surface area (Å²) in [5.74, 6) is 0.804. The third-order valence-corrected chi connectivity index (χ3v) is 3.14. The molecule has 17 heavy (non-hydrogen) atoms. The molecule has 2 aromatic heterocycles. The number of aromatic nitrogens is 3. The molecule has 1 atom stereocenters. The Morgan fingerprint density at radius 2 is 2.47 bits per heavy atom. The van der Waals surface area contributed by atoms with E-state index >= 15 is 0 Å². The van der Waals surface area contributed by atoms with Gasteiger partial charge in [0.15, 0.2) is 17.8 Å². The van der Waals surface area contributed by atoms with Gasteiger partial charge in [0.1, 0.15) is 5.69 Å². The Morgan fingerprint density at radius 1 is 1.53 bits per heavy atom. The van der Waals surface area contributed by atoms with E-state index in [2.05, 4.69) is 15.4 Å². The van der Waals surface area contributed by atoms with Gasteiger partial charge in [-0.25, -0.2) is 9.50 Å². The molecule has 5 nitrogen and oxygen atoms in total. The molecule has 0 amide bonds. The van der Waals surface area contributed by atoms with Crippen LogP contribution < -0.4 is 5.32 Å². The van der Waals surface area contributed by atoms with E-state index in [-0.39, 0.29) is 0 Å². The molecule has 0 saturated carbocycles. The van der Waals surface area contributed by atoms with E-state index < -0.39 is 0 Å². The van der Waals surface area contributed by atoms with Crippen LogP contribution in [0.4, 0.5) is 0 Å². The molecule has 1 aliphatic rings. The van der Waals surface area contributed by atoms with Gasteiger partial charge in [0.2, 0.25) is 0 Å². The number of carbonyl (C=O) groups excluding carboxylic acids is 1. The first-order valence-corrected chi connectivity index (χ1v) is 5.90. The molecule has 88 valence electrons. The highest BCUT2D eigenvalue weighted by Crippen LogP contribution is 2.11. The van der Waals surface area contributed by atoms with Crippen LogP contribution in [0.2, 0.25) is 0 Å². The number of nitrogens with zero attached hydrogens (tertiary/aromatic N) is 3. The number of carbonyl (C=O) groups is 1. The fourth-order valence-corrected chi connectivity index (χ4v) is 2.30. The number of pyridine rings is 1. The van der Waals surface area contributed by atoms with E-state index in [1.54, 1.807) is 10.6 Å². The lowest BCUT2D eigenvalue weighted by atomic mass is 10.1. The second-order valence-corrected chi connectivity index (χ2v) is 4.36. The van der Waals surface area contributed by atoms with E-state index in [1.165, 1.54) is 12.8 Å². The minimum Gasteiger partial charge on any atom is -0.314 e. The summed E-state index contributed by atoms with van der Waals surface area (Å²) in [6.45, 7) is 1.08. The zero-order valence-corrected chi connectivity index (χ0v) is 9.47. The quantitative estimate of drug-likeness (QED) is 0.794. The fourth-order valence-electron chi connectivity index (χ4n) is 2.30. The van der Waals surface area contributed by atoms with Crippen LogP contribution in [0.3, 0.4) is 0 Å². The van der Waals surface area contributed by atoms with E-state index in [9.17, 15) is 4.79 Å². The van der Waals surface area contributed by atoms with Gasteiger partial charge < -0.3 is 5.32 Å². The van der Waals surface area contributed by atoms with Gasteiger partial charge in [-0.3, -0.25) is 4.79 Å². The van der Waals surface area contributed by atoms with Crippen molar-refractivity contribution in [1.82, 2.24) is 19.9 Å². The third-order valence-electron chi connectivity index (χ3n) is 3.14. The zero-order chi connectivity index (χ0) is 11.7. The highest BCUT2D eigenvalue weighted by Gasteiger charge is 2.17. The molecular weight excluding hydrogens is 216 g/mol. The molecule has 1 fully saturated rings. The first-order chi connectivity index (χ1) is 8.36. The van der Waals surface area contributed by atoms with Gasteiger partial charge >= 0.3 is 0 Å². The summed E-state index contributed by atoms with van der Waals surface area (Å²) in [5, 5.41) is 7.80. The Hall–Kier alpha value is -1.75. The van der Waals surface area contributed by atoms with Crippen LogP contribution in [0.15, 0.2) is 18.2 Å². The van der Waals surface area contributed by atoms with Crippen LogP contribution in [0.5, 0.6) is 0 Å². The van der Waals surface area contributed by atoms with Crippen molar-refractivity contribution in [3.63, 3.8) is 0 Å². The van der Waals surface area contributed by atoms with Crippen molar-refractivity contribution in [2.45, 2.75) is 25.3 Å². The largest absolute Gasteiger partial charge is 0.314 e. The van der Waals surface area contributed by atoms with Crippen LogP contribution in [0.25, 0.3) is 5.65 Å². The maximum atomic E-state index is 10.9. The highest BCUT2D eigenvalue weighted by atomic mass is 16.1. The van der Waals surface area contributed by atoms with Gasteiger partial charge in [-0.05, 0) is 31.5 Å². The van der Waals surface area contributed by atoms with Crippen molar-refractivity contribution < 1.29 is 4.79 Å². The van der Waals surface area contributed by atoms with Gasteiger partial charge in [-0.2, -0.15) is 5.10 Å². The summed E-state index contributed by atoms with van der Waals surface area (Å²) in [6.07, 6.45) is 4.03. The Morgan fingerprint density at radius 3 is 3.24 bits per heavy atom. The maximum absolute atomic E-state index is 10.9. The molecule has 5 heteroatoms. The predicted molar refractivity (Wildman–Crippen MR) is 63.1 cm³/mol. The summed E-state index contributed by atoms with van der Waals surface area (Å²) < 4.78 is 1.61. The second kappa shape index (κ2) is 4.25. The topological polar surface area (TPSA) is 59.3 Å². The van der Waals surface area contributed by atoms with Gasteiger partial charge in [0.25, 0.3) is 0 Å². The molecular formula is C12H14N4O. The van der Waals surface area contributed by atoms with Crippen molar-refractivity contribution in [3.8, 4) is 0 Å². The van der Waals surface area contributed by atoms with E-state index in [4.69, 9.17) is 0 Å². The summed E-state index contributed by atoms with van der Waals surface area (Å²) in [5.41, 5.74) is 1.28. The molecule has 1 aliphatic heterocycles. The normalized spacial score (nSPS) is 19.9. The number of hydrogen-bond donors (Lipinski definition) is 1. The van der Waals surface area contributed by atoms with Gasteiger partial charge in [0.05, 0.1) is 0 Å². The molecule has 3 heterocycles. The molecule has 0 aliphatic carbocycles. The van der Waals surface area contributed by atoms with Crippen molar-refractivity contribution in [1.29, 1.82) is 0 Å².